The number of pyridine rings is 1. The molecule has 0 amide bonds. The zero-order chi connectivity index (χ0) is 21.8. The van der Waals surface area contributed by atoms with E-state index in [4.69, 9.17) is 15.5 Å². The van der Waals surface area contributed by atoms with Gasteiger partial charge < -0.3 is 10.5 Å². The van der Waals surface area contributed by atoms with E-state index in [1.54, 1.807) is 0 Å². The SMILES string of the molecule is CC(C)c1ccc(C2c3c(nc4c(c3N)CCCC4)Oc3ccc4ccccc4c32)cc1. The van der Waals surface area contributed by atoms with E-state index in [0.717, 1.165) is 35.5 Å². The van der Waals surface area contributed by atoms with Crippen LogP contribution in [0.25, 0.3) is 10.8 Å². The van der Waals surface area contributed by atoms with Crippen LogP contribution in [-0.2, 0) is 12.8 Å². The average molecular weight is 421 g/mol. The minimum atomic E-state index is 0.000730. The first-order valence-corrected chi connectivity index (χ1v) is 11.7. The van der Waals surface area contributed by atoms with Gasteiger partial charge in [0, 0.05) is 28.4 Å². The maximum atomic E-state index is 6.91. The molecule has 1 aromatic heterocycles. The maximum Gasteiger partial charge on any atom is 0.225 e. The molecule has 32 heavy (non-hydrogen) atoms. The van der Waals surface area contributed by atoms with Crippen LogP contribution in [0.5, 0.6) is 11.6 Å². The molecule has 2 aliphatic rings. The fourth-order valence-electron chi connectivity index (χ4n) is 5.44. The monoisotopic (exact) mass is 420 g/mol. The summed E-state index contributed by atoms with van der Waals surface area (Å²) >= 11 is 0. The molecule has 1 unspecified atom stereocenters. The molecule has 0 spiro atoms. The summed E-state index contributed by atoms with van der Waals surface area (Å²) in [6.07, 6.45) is 4.32. The second-order valence-electron chi connectivity index (χ2n) is 9.43. The summed E-state index contributed by atoms with van der Waals surface area (Å²) in [6, 6.07) is 21.8. The third-order valence-electron chi connectivity index (χ3n) is 7.17. The van der Waals surface area contributed by atoms with Gasteiger partial charge in [0.2, 0.25) is 5.88 Å². The third kappa shape index (κ3) is 2.91. The molecule has 0 fully saturated rings. The zero-order valence-corrected chi connectivity index (χ0v) is 18.7. The van der Waals surface area contributed by atoms with Crippen molar-refractivity contribution >= 4 is 16.5 Å². The summed E-state index contributed by atoms with van der Waals surface area (Å²) in [6.45, 7) is 4.46. The molecule has 2 heterocycles. The lowest BCUT2D eigenvalue weighted by molar-refractivity contribution is 0.431. The van der Waals surface area contributed by atoms with Crippen molar-refractivity contribution in [3.05, 3.63) is 94.2 Å². The predicted octanol–water partition coefficient (Wildman–Crippen LogP) is 7.11. The first-order valence-electron chi connectivity index (χ1n) is 11.7. The smallest absolute Gasteiger partial charge is 0.225 e. The lowest BCUT2D eigenvalue weighted by Crippen LogP contribution is -2.19. The fourth-order valence-corrected chi connectivity index (χ4v) is 5.44. The van der Waals surface area contributed by atoms with Crippen molar-refractivity contribution in [3.63, 3.8) is 0 Å². The van der Waals surface area contributed by atoms with E-state index in [1.807, 2.05) is 0 Å². The normalized spacial score (nSPS) is 16.9. The summed E-state index contributed by atoms with van der Waals surface area (Å²) in [5.74, 6) is 2.07. The lowest BCUT2D eigenvalue weighted by Gasteiger charge is -2.32. The number of nitrogens with zero attached hydrogens (tertiary/aromatic N) is 1. The Hall–Kier alpha value is -3.33. The van der Waals surface area contributed by atoms with Gasteiger partial charge in [-0.3, -0.25) is 0 Å². The second-order valence-corrected chi connectivity index (χ2v) is 9.43. The molecular formula is C29H28N2O. The first-order chi connectivity index (χ1) is 15.6. The molecule has 3 aromatic carbocycles. The average Bonchev–Trinajstić information content (AvgIpc) is 2.83. The Morgan fingerprint density at radius 3 is 2.50 bits per heavy atom. The highest BCUT2D eigenvalue weighted by Crippen LogP contribution is 2.52. The number of aryl methyl sites for hydroxylation is 1. The van der Waals surface area contributed by atoms with Crippen LogP contribution in [0.4, 0.5) is 5.69 Å². The zero-order valence-electron chi connectivity index (χ0n) is 18.7. The molecule has 0 saturated heterocycles. The summed E-state index contributed by atoms with van der Waals surface area (Å²) in [7, 11) is 0. The summed E-state index contributed by atoms with van der Waals surface area (Å²) in [5, 5.41) is 2.43. The Morgan fingerprint density at radius 2 is 1.69 bits per heavy atom. The van der Waals surface area contributed by atoms with Gasteiger partial charge in [-0.2, -0.15) is 0 Å². The number of nitrogen functional groups attached to an aromatic ring is 1. The second kappa shape index (κ2) is 7.37. The number of hydrogen-bond donors (Lipinski definition) is 1. The highest BCUT2D eigenvalue weighted by molar-refractivity contribution is 5.91. The van der Waals surface area contributed by atoms with Crippen molar-refractivity contribution in [1.82, 2.24) is 4.98 Å². The Balaban J connectivity index is 1.65. The molecule has 3 heteroatoms. The topological polar surface area (TPSA) is 48.1 Å². The maximum absolute atomic E-state index is 6.91. The van der Waals surface area contributed by atoms with Crippen molar-refractivity contribution in [2.24, 2.45) is 0 Å². The number of fused-ring (bicyclic) bond motifs is 5. The number of anilines is 1. The van der Waals surface area contributed by atoms with Gasteiger partial charge in [0.05, 0.1) is 0 Å². The minimum Gasteiger partial charge on any atom is -0.438 e. The molecule has 3 nitrogen and oxygen atoms in total. The molecule has 0 bridgehead atoms. The molecule has 0 radical (unpaired) electrons. The van der Waals surface area contributed by atoms with Crippen LogP contribution in [0.15, 0.2) is 60.7 Å². The number of aromatic nitrogens is 1. The van der Waals surface area contributed by atoms with Gasteiger partial charge in [-0.15, -0.1) is 0 Å². The van der Waals surface area contributed by atoms with E-state index in [2.05, 4.69) is 74.5 Å². The van der Waals surface area contributed by atoms with Crippen LogP contribution in [0.3, 0.4) is 0 Å². The molecular weight excluding hydrogens is 392 g/mol. The largest absolute Gasteiger partial charge is 0.438 e. The Labute approximate surface area is 189 Å². The number of hydrogen-bond acceptors (Lipinski definition) is 3. The van der Waals surface area contributed by atoms with E-state index in [9.17, 15) is 0 Å². The number of nitrogens with two attached hydrogens (primary N) is 1. The van der Waals surface area contributed by atoms with Crippen LogP contribution < -0.4 is 10.5 Å². The van der Waals surface area contributed by atoms with Crippen LogP contribution in [0, 0.1) is 0 Å². The minimum absolute atomic E-state index is 0.000730. The molecule has 1 aliphatic carbocycles. The van der Waals surface area contributed by atoms with Crippen molar-refractivity contribution in [1.29, 1.82) is 0 Å². The van der Waals surface area contributed by atoms with Gasteiger partial charge >= 0.3 is 0 Å². The summed E-state index contributed by atoms with van der Waals surface area (Å²) in [5.41, 5.74) is 14.9. The van der Waals surface area contributed by atoms with Gasteiger partial charge in [-0.05, 0) is 65.1 Å². The Bertz CT molecular complexity index is 1340. The molecule has 6 rings (SSSR count). The van der Waals surface area contributed by atoms with Crippen molar-refractivity contribution in [2.75, 3.05) is 5.73 Å². The van der Waals surface area contributed by atoms with Crippen LogP contribution >= 0.6 is 0 Å². The number of ether oxygens (including phenoxy) is 1. The highest BCUT2D eigenvalue weighted by Gasteiger charge is 2.35. The molecule has 1 aliphatic heterocycles. The van der Waals surface area contributed by atoms with Crippen molar-refractivity contribution in [3.8, 4) is 11.6 Å². The van der Waals surface area contributed by atoms with Crippen molar-refractivity contribution in [2.45, 2.75) is 51.4 Å². The lowest BCUT2D eigenvalue weighted by atomic mass is 9.78. The van der Waals surface area contributed by atoms with E-state index >= 15 is 0 Å². The van der Waals surface area contributed by atoms with Gasteiger partial charge in [0.25, 0.3) is 0 Å². The number of benzene rings is 3. The van der Waals surface area contributed by atoms with Crippen molar-refractivity contribution < 1.29 is 4.74 Å². The first kappa shape index (κ1) is 19.4. The van der Waals surface area contributed by atoms with Crippen LogP contribution in [0.2, 0.25) is 0 Å². The van der Waals surface area contributed by atoms with E-state index < -0.39 is 0 Å². The van der Waals surface area contributed by atoms with Crippen LogP contribution in [0.1, 0.15) is 72.0 Å². The van der Waals surface area contributed by atoms with E-state index in [-0.39, 0.29) is 5.92 Å². The van der Waals surface area contributed by atoms with Crippen LogP contribution in [-0.4, -0.2) is 4.98 Å². The van der Waals surface area contributed by atoms with Gasteiger partial charge in [0.15, 0.2) is 0 Å². The molecule has 4 aromatic rings. The predicted molar refractivity (Wildman–Crippen MR) is 131 cm³/mol. The molecule has 160 valence electrons. The van der Waals surface area contributed by atoms with Gasteiger partial charge in [-0.1, -0.05) is 68.4 Å². The van der Waals surface area contributed by atoms with E-state index in [1.165, 1.54) is 45.9 Å². The third-order valence-corrected chi connectivity index (χ3v) is 7.17. The fraction of sp³-hybridized carbons (Fsp3) is 0.276. The quantitative estimate of drug-likeness (QED) is 0.331. The molecule has 2 N–H and O–H groups in total. The number of rotatable bonds is 2. The Kier molecular flexibility index (Phi) is 4.46. The summed E-state index contributed by atoms with van der Waals surface area (Å²) in [4.78, 5) is 5.01. The van der Waals surface area contributed by atoms with Gasteiger partial charge in [0.1, 0.15) is 5.75 Å². The molecule has 0 saturated carbocycles. The Morgan fingerprint density at radius 1 is 0.906 bits per heavy atom. The standard InChI is InChI=1S/C29H28N2O/c1-17(2)18-11-13-20(14-12-18)25-26-21-8-4-3-7-19(21)15-16-24(26)32-29-27(25)28(30)22-9-5-6-10-23(22)31-29/h3-4,7-8,11-17,25H,5-6,9-10H2,1-2H3,(H2,30,31). The van der Waals surface area contributed by atoms with Gasteiger partial charge in [-0.25, -0.2) is 4.98 Å². The highest BCUT2D eigenvalue weighted by atomic mass is 16.5. The molecule has 1 atom stereocenters. The summed E-state index contributed by atoms with van der Waals surface area (Å²) < 4.78 is 6.46. The van der Waals surface area contributed by atoms with E-state index in [0.29, 0.717) is 11.8 Å².